The largest absolute Gasteiger partial charge is 0.306 e. The van der Waals surface area contributed by atoms with Gasteiger partial charge in [0, 0.05) is 17.1 Å². The zero-order chi connectivity index (χ0) is 14.8. The Morgan fingerprint density at radius 2 is 1.86 bits per heavy atom. The van der Waals surface area contributed by atoms with Gasteiger partial charge < -0.3 is 5.32 Å². The average molecular weight is 302 g/mol. The third kappa shape index (κ3) is 2.68. The number of aromatic nitrogens is 2. The minimum Gasteiger partial charge on any atom is -0.306 e. The second kappa shape index (κ2) is 5.46. The molecule has 0 aliphatic rings. The summed E-state index contributed by atoms with van der Waals surface area (Å²) in [6, 6.07) is 11.0. The quantitative estimate of drug-likeness (QED) is 0.735. The van der Waals surface area contributed by atoms with Crippen LogP contribution in [-0.4, -0.2) is 15.9 Å². The molecule has 3 aromatic rings. The van der Waals surface area contributed by atoms with E-state index in [9.17, 15) is 9.18 Å². The molecule has 1 aromatic heterocycles. The highest BCUT2D eigenvalue weighted by Crippen LogP contribution is 2.22. The predicted octanol–water partition coefficient (Wildman–Crippen LogP) is 3.67. The minimum absolute atomic E-state index is 0.0387. The fourth-order valence-electron chi connectivity index (χ4n) is 2.05. The molecule has 0 fully saturated rings. The summed E-state index contributed by atoms with van der Waals surface area (Å²) in [6.45, 7) is 0. The first-order valence-electron chi connectivity index (χ1n) is 6.12. The smallest absolute Gasteiger partial charge is 0.257 e. The predicted molar refractivity (Wildman–Crippen MR) is 78.9 cm³/mol. The SMILES string of the molecule is O=C(Nc1ccnc(Cl)n1)c1ccc(F)c2ccccc12. The molecule has 0 saturated carbocycles. The minimum atomic E-state index is -0.388. The number of carbonyl (C=O) groups excluding carboxylic acids is 1. The molecule has 0 spiro atoms. The number of hydrogen-bond donors (Lipinski definition) is 1. The van der Waals surface area contributed by atoms with Crippen molar-refractivity contribution >= 4 is 34.1 Å². The van der Waals surface area contributed by atoms with Crippen molar-refractivity contribution < 1.29 is 9.18 Å². The van der Waals surface area contributed by atoms with E-state index in [2.05, 4.69) is 15.3 Å². The first-order valence-corrected chi connectivity index (χ1v) is 6.50. The summed E-state index contributed by atoms with van der Waals surface area (Å²) in [5, 5.41) is 3.58. The standard InChI is InChI=1S/C15H9ClFN3O/c16-15-18-8-7-13(20-15)19-14(21)11-5-6-12(17)10-4-2-1-3-9(10)11/h1-8H,(H,18,19,20,21). The molecule has 0 saturated heterocycles. The maximum Gasteiger partial charge on any atom is 0.257 e. The van der Waals surface area contributed by atoms with E-state index in [-0.39, 0.29) is 22.8 Å². The number of carbonyl (C=O) groups is 1. The number of nitrogens with zero attached hydrogens (tertiary/aromatic N) is 2. The highest BCUT2D eigenvalue weighted by molar-refractivity contribution is 6.28. The van der Waals surface area contributed by atoms with Gasteiger partial charge in [-0.05, 0) is 35.2 Å². The van der Waals surface area contributed by atoms with E-state index in [4.69, 9.17) is 11.6 Å². The van der Waals surface area contributed by atoms with Gasteiger partial charge in [-0.2, -0.15) is 0 Å². The molecule has 1 N–H and O–H groups in total. The molecule has 0 atom stereocenters. The first-order chi connectivity index (χ1) is 10.1. The molecule has 6 heteroatoms. The summed E-state index contributed by atoms with van der Waals surface area (Å²) in [5.74, 6) is -0.471. The van der Waals surface area contributed by atoms with Crippen molar-refractivity contribution in [2.45, 2.75) is 0 Å². The van der Waals surface area contributed by atoms with Crippen LogP contribution in [0, 0.1) is 5.82 Å². The third-order valence-electron chi connectivity index (χ3n) is 2.98. The van der Waals surface area contributed by atoms with Gasteiger partial charge in [-0.1, -0.05) is 24.3 Å². The topological polar surface area (TPSA) is 54.9 Å². The molecular weight excluding hydrogens is 293 g/mol. The lowest BCUT2D eigenvalue weighted by atomic mass is 10.0. The van der Waals surface area contributed by atoms with E-state index in [0.29, 0.717) is 16.3 Å². The molecular formula is C15H9ClFN3O. The molecule has 4 nitrogen and oxygen atoms in total. The van der Waals surface area contributed by atoms with Crippen LogP contribution in [-0.2, 0) is 0 Å². The van der Waals surface area contributed by atoms with Crippen molar-refractivity contribution in [1.29, 1.82) is 0 Å². The van der Waals surface area contributed by atoms with E-state index in [1.165, 1.54) is 24.4 Å². The zero-order valence-electron chi connectivity index (χ0n) is 10.7. The second-order valence-corrected chi connectivity index (χ2v) is 4.64. The Morgan fingerprint density at radius 1 is 1.10 bits per heavy atom. The van der Waals surface area contributed by atoms with Crippen molar-refractivity contribution in [1.82, 2.24) is 9.97 Å². The summed E-state index contributed by atoms with van der Waals surface area (Å²) in [6.07, 6.45) is 1.44. The Bertz CT molecular complexity index is 838. The average Bonchev–Trinajstić information content (AvgIpc) is 2.48. The van der Waals surface area contributed by atoms with E-state index in [0.717, 1.165) is 0 Å². The Labute approximate surface area is 124 Å². The molecule has 104 valence electrons. The van der Waals surface area contributed by atoms with Crippen LogP contribution >= 0.6 is 11.6 Å². The normalized spacial score (nSPS) is 10.6. The molecule has 0 radical (unpaired) electrons. The lowest BCUT2D eigenvalue weighted by Gasteiger charge is -2.08. The van der Waals surface area contributed by atoms with Crippen molar-refractivity contribution in [3.63, 3.8) is 0 Å². The molecule has 0 aliphatic heterocycles. The van der Waals surface area contributed by atoms with Crippen molar-refractivity contribution in [2.24, 2.45) is 0 Å². The number of rotatable bonds is 2. The molecule has 1 heterocycles. The number of benzene rings is 2. The number of fused-ring (bicyclic) bond motifs is 1. The molecule has 2 aromatic carbocycles. The summed E-state index contributed by atoms with van der Waals surface area (Å²) >= 11 is 5.67. The van der Waals surface area contributed by atoms with Crippen LogP contribution in [0.25, 0.3) is 10.8 Å². The maximum absolute atomic E-state index is 13.7. The zero-order valence-corrected chi connectivity index (χ0v) is 11.4. The van der Waals surface area contributed by atoms with E-state index in [1.807, 2.05) is 0 Å². The van der Waals surface area contributed by atoms with E-state index >= 15 is 0 Å². The van der Waals surface area contributed by atoms with Crippen LogP contribution in [0.1, 0.15) is 10.4 Å². The monoisotopic (exact) mass is 301 g/mol. The van der Waals surface area contributed by atoms with Gasteiger partial charge >= 0.3 is 0 Å². The number of nitrogens with one attached hydrogen (secondary N) is 1. The molecule has 0 bridgehead atoms. The fourth-order valence-corrected chi connectivity index (χ4v) is 2.20. The molecule has 1 amide bonds. The van der Waals surface area contributed by atoms with Crippen molar-refractivity contribution in [3.05, 3.63) is 65.3 Å². The third-order valence-corrected chi connectivity index (χ3v) is 3.17. The van der Waals surface area contributed by atoms with Crippen molar-refractivity contribution in [2.75, 3.05) is 5.32 Å². The van der Waals surface area contributed by atoms with Gasteiger partial charge in [-0.3, -0.25) is 4.79 Å². The highest BCUT2D eigenvalue weighted by atomic mass is 35.5. The van der Waals surface area contributed by atoms with Gasteiger partial charge in [0.05, 0.1) is 0 Å². The number of hydrogen-bond acceptors (Lipinski definition) is 3. The lowest BCUT2D eigenvalue weighted by Crippen LogP contribution is -2.13. The van der Waals surface area contributed by atoms with Crippen LogP contribution in [0.3, 0.4) is 0 Å². The van der Waals surface area contributed by atoms with Gasteiger partial charge in [0.15, 0.2) is 0 Å². The van der Waals surface area contributed by atoms with Crippen LogP contribution in [0.15, 0.2) is 48.7 Å². The van der Waals surface area contributed by atoms with Gasteiger partial charge in [0.2, 0.25) is 5.28 Å². The van der Waals surface area contributed by atoms with Crippen LogP contribution in [0.2, 0.25) is 5.28 Å². The lowest BCUT2D eigenvalue weighted by molar-refractivity contribution is 0.102. The van der Waals surface area contributed by atoms with Gasteiger partial charge in [0.25, 0.3) is 5.91 Å². The Hall–Kier alpha value is -2.53. The Kier molecular flexibility index (Phi) is 3.50. The summed E-state index contributed by atoms with van der Waals surface area (Å²) in [4.78, 5) is 19.9. The van der Waals surface area contributed by atoms with Crippen LogP contribution < -0.4 is 5.32 Å². The second-order valence-electron chi connectivity index (χ2n) is 4.31. The Morgan fingerprint density at radius 3 is 2.62 bits per heavy atom. The number of halogens is 2. The first kappa shape index (κ1) is 13.5. The van der Waals surface area contributed by atoms with Gasteiger partial charge in [-0.25, -0.2) is 14.4 Å². The number of amides is 1. The van der Waals surface area contributed by atoms with Crippen LogP contribution in [0.5, 0.6) is 0 Å². The number of anilines is 1. The highest BCUT2D eigenvalue weighted by Gasteiger charge is 2.13. The molecule has 21 heavy (non-hydrogen) atoms. The molecule has 0 aliphatic carbocycles. The maximum atomic E-state index is 13.7. The summed E-state index contributed by atoms with van der Waals surface area (Å²) in [7, 11) is 0. The Balaban J connectivity index is 2.01. The van der Waals surface area contributed by atoms with Crippen LogP contribution in [0.4, 0.5) is 10.2 Å². The summed E-state index contributed by atoms with van der Waals surface area (Å²) < 4.78 is 13.7. The van der Waals surface area contributed by atoms with Gasteiger partial charge in [-0.15, -0.1) is 0 Å². The van der Waals surface area contributed by atoms with E-state index in [1.54, 1.807) is 24.3 Å². The summed E-state index contributed by atoms with van der Waals surface area (Å²) in [5.41, 5.74) is 0.363. The molecule has 3 rings (SSSR count). The van der Waals surface area contributed by atoms with Crippen molar-refractivity contribution in [3.8, 4) is 0 Å². The fraction of sp³-hybridized carbons (Fsp3) is 0. The van der Waals surface area contributed by atoms with Gasteiger partial charge in [0.1, 0.15) is 11.6 Å². The molecule has 0 unspecified atom stereocenters. The van der Waals surface area contributed by atoms with E-state index < -0.39 is 0 Å².